The fraction of sp³-hybridized carbons (Fsp3) is 0.167. The highest BCUT2D eigenvalue weighted by molar-refractivity contribution is 5.90. The van der Waals surface area contributed by atoms with Crippen LogP contribution in [0.15, 0.2) is 52.9 Å². The van der Waals surface area contributed by atoms with Gasteiger partial charge in [-0.25, -0.2) is 0 Å². The first kappa shape index (κ1) is 18.1. The van der Waals surface area contributed by atoms with Gasteiger partial charge in [-0.2, -0.15) is 0 Å². The number of carbonyl (C=O) groups is 1. The second-order valence-electron chi connectivity index (χ2n) is 5.67. The third-order valence-electron chi connectivity index (χ3n) is 3.74. The van der Waals surface area contributed by atoms with Crippen molar-refractivity contribution in [3.05, 3.63) is 75.7 Å². The van der Waals surface area contributed by atoms with Gasteiger partial charge in [0.1, 0.15) is 5.75 Å². The van der Waals surface area contributed by atoms with Crippen LogP contribution in [0.4, 0.5) is 11.7 Å². The smallest absolute Gasteiger partial charge is 0.322 e. The van der Waals surface area contributed by atoms with Crippen molar-refractivity contribution in [3.63, 3.8) is 0 Å². The zero-order chi connectivity index (χ0) is 19.2. The average Bonchev–Trinajstić information content (AvgIpc) is 3.09. The van der Waals surface area contributed by atoms with Crippen LogP contribution in [0.2, 0.25) is 0 Å². The highest BCUT2D eigenvalue weighted by Crippen LogP contribution is 2.16. The zero-order valence-corrected chi connectivity index (χ0v) is 14.4. The van der Waals surface area contributed by atoms with E-state index in [1.165, 1.54) is 24.3 Å². The van der Waals surface area contributed by atoms with E-state index in [2.05, 4.69) is 15.5 Å². The Labute approximate surface area is 154 Å². The number of rotatable bonds is 7. The van der Waals surface area contributed by atoms with Crippen LogP contribution >= 0.6 is 0 Å². The van der Waals surface area contributed by atoms with Gasteiger partial charge in [0.15, 0.2) is 0 Å². The summed E-state index contributed by atoms with van der Waals surface area (Å²) in [6.07, 6.45) is 0.462. The summed E-state index contributed by atoms with van der Waals surface area (Å²) < 4.78 is 10.5. The van der Waals surface area contributed by atoms with Crippen LogP contribution in [-0.2, 0) is 17.6 Å². The summed E-state index contributed by atoms with van der Waals surface area (Å²) in [4.78, 5) is 22.2. The summed E-state index contributed by atoms with van der Waals surface area (Å²) >= 11 is 0. The number of aromatic nitrogens is 2. The first-order valence-electron chi connectivity index (χ1n) is 8.02. The lowest BCUT2D eigenvalue weighted by atomic mass is 10.1. The van der Waals surface area contributed by atoms with E-state index >= 15 is 0 Å². The van der Waals surface area contributed by atoms with Crippen LogP contribution in [0.1, 0.15) is 17.0 Å². The molecule has 1 aromatic heterocycles. The van der Waals surface area contributed by atoms with E-state index in [4.69, 9.17) is 9.15 Å². The Morgan fingerprint density at radius 3 is 2.41 bits per heavy atom. The molecule has 0 aliphatic heterocycles. The number of carbonyl (C=O) groups excluding carboxylic acids is 1. The molecule has 9 heteroatoms. The SMILES string of the molecule is COc1ccc(Cc2nnc(NC(=O)Cc3ccc([N+](=O)[O-])cc3)o2)cc1. The molecule has 0 bridgehead atoms. The predicted molar refractivity (Wildman–Crippen MR) is 95.5 cm³/mol. The second-order valence-corrected chi connectivity index (χ2v) is 5.67. The lowest BCUT2D eigenvalue weighted by molar-refractivity contribution is -0.384. The van der Waals surface area contributed by atoms with E-state index < -0.39 is 4.92 Å². The molecule has 1 heterocycles. The highest BCUT2D eigenvalue weighted by Gasteiger charge is 2.12. The van der Waals surface area contributed by atoms with E-state index in [9.17, 15) is 14.9 Å². The summed E-state index contributed by atoms with van der Waals surface area (Å²) in [6.45, 7) is 0. The quantitative estimate of drug-likeness (QED) is 0.503. The van der Waals surface area contributed by atoms with Crippen molar-refractivity contribution in [2.75, 3.05) is 12.4 Å². The number of anilines is 1. The number of methoxy groups -OCH3 is 1. The van der Waals surface area contributed by atoms with Gasteiger partial charge >= 0.3 is 6.01 Å². The number of nitrogens with zero attached hydrogens (tertiary/aromatic N) is 3. The topological polar surface area (TPSA) is 120 Å². The molecule has 3 rings (SSSR count). The number of ether oxygens (including phenoxy) is 1. The Morgan fingerprint density at radius 2 is 1.78 bits per heavy atom. The van der Waals surface area contributed by atoms with Crippen LogP contribution in [0, 0.1) is 10.1 Å². The van der Waals surface area contributed by atoms with Gasteiger partial charge in [-0.3, -0.25) is 20.2 Å². The lowest BCUT2D eigenvalue weighted by Crippen LogP contribution is -2.14. The van der Waals surface area contributed by atoms with E-state index in [0.717, 1.165) is 11.3 Å². The molecule has 2 aromatic carbocycles. The predicted octanol–water partition coefficient (Wildman–Crippen LogP) is 2.76. The van der Waals surface area contributed by atoms with Crippen molar-refractivity contribution in [3.8, 4) is 5.75 Å². The third-order valence-corrected chi connectivity index (χ3v) is 3.74. The van der Waals surface area contributed by atoms with Crippen LogP contribution in [0.3, 0.4) is 0 Å². The zero-order valence-electron chi connectivity index (χ0n) is 14.4. The van der Waals surface area contributed by atoms with Gasteiger partial charge < -0.3 is 9.15 Å². The molecule has 0 radical (unpaired) electrons. The summed E-state index contributed by atoms with van der Waals surface area (Å²) in [5.74, 6) is 0.762. The maximum absolute atomic E-state index is 12.1. The first-order chi connectivity index (χ1) is 13.0. The lowest BCUT2D eigenvalue weighted by Gasteiger charge is -2.01. The number of non-ortho nitro benzene ring substituents is 1. The van der Waals surface area contributed by atoms with Gasteiger partial charge in [-0.05, 0) is 23.3 Å². The number of nitro groups is 1. The molecule has 0 fully saturated rings. The standard InChI is InChI=1S/C18H16N4O5/c1-26-15-8-4-13(5-9-15)11-17-20-21-18(27-17)19-16(23)10-12-2-6-14(7-3-12)22(24)25/h2-9H,10-11H2,1H3,(H,19,21,23). The van der Waals surface area contributed by atoms with E-state index in [1.54, 1.807) is 7.11 Å². The molecule has 138 valence electrons. The van der Waals surface area contributed by atoms with Crippen LogP contribution in [0.25, 0.3) is 0 Å². The Kier molecular flexibility index (Phi) is 5.41. The Bertz CT molecular complexity index is 935. The highest BCUT2D eigenvalue weighted by atomic mass is 16.6. The van der Waals surface area contributed by atoms with E-state index in [1.807, 2.05) is 24.3 Å². The molecular weight excluding hydrogens is 352 g/mol. The monoisotopic (exact) mass is 368 g/mol. The normalized spacial score (nSPS) is 10.4. The fourth-order valence-electron chi connectivity index (χ4n) is 2.38. The number of benzene rings is 2. The molecule has 0 unspecified atom stereocenters. The molecule has 0 saturated carbocycles. The molecule has 9 nitrogen and oxygen atoms in total. The van der Waals surface area contributed by atoms with Gasteiger partial charge in [0.2, 0.25) is 11.8 Å². The molecule has 0 atom stereocenters. The molecular formula is C18H16N4O5. The Morgan fingerprint density at radius 1 is 1.11 bits per heavy atom. The summed E-state index contributed by atoms with van der Waals surface area (Å²) in [5, 5.41) is 20.9. The fourth-order valence-corrected chi connectivity index (χ4v) is 2.38. The van der Waals surface area contributed by atoms with Crippen molar-refractivity contribution in [2.24, 2.45) is 0 Å². The molecule has 1 N–H and O–H groups in total. The van der Waals surface area contributed by atoms with Crippen LogP contribution in [-0.4, -0.2) is 28.1 Å². The van der Waals surface area contributed by atoms with Crippen LogP contribution < -0.4 is 10.1 Å². The summed E-state index contributed by atoms with van der Waals surface area (Å²) in [6, 6.07) is 13.2. The minimum atomic E-state index is -0.493. The maximum Gasteiger partial charge on any atom is 0.322 e. The minimum Gasteiger partial charge on any atom is -0.497 e. The van der Waals surface area contributed by atoms with Crippen LogP contribution in [0.5, 0.6) is 5.75 Å². The Balaban J connectivity index is 1.56. The van der Waals surface area contributed by atoms with Crippen molar-refractivity contribution in [2.45, 2.75) is 12.8 Å². The molecule has 1 amide bonds. The van der Waals surface area contributed by atoms with Gasteiger partial charge in [0.05, 0.1) is 24.9 Å². The summed E-state index contributed by atoms with van der Waals surface area (Å²) in [7, 11) is 1.60. The largest absolute Gasteiger partial charge is 0.497 e. The first-order valence-corrected chi connectivity index (χ1v) is 8.02. The number of nitro benzene ring substituents is 1. The number of nitrogens with one attached hydrogen (secondary N) is 1. The Hall–Kier alpha value is -3.75. The van der Waals surface area contributed by atoms with E-state index in [-0.39, 0.29) is 24.0 Å². The van der Waals surface area contributed by atoms with Crippen molar-refractivity contribution < 1.29 is 18.9 Å². The molecule has 27 heavy (non-hydrogen) atoms. The van der Waals surface area contributed by atoms with Gasteiger partial charge in [-0.1, -0.05) is 29.4 Å². The maximum atomic E-state index is 12.1. The minimum absolute atomic E-state index is 0.00502. The van der Waals surface area contributed by atoms with Gasteiger partial charge in [-0.15, -0.1) is 5.10 Å². The molecule has 0 aliphatic carbocycles. The van der Waals surface area contributed by atoms with Crippen molar-refractivity contribution in [1.82, 2.24) is 10.2 Å². The number of amides is 1. The second kappa shape index (κ2) is 8.09. The third kappa shape index (κ3) is 4.88. The van der Waals surface area contributed by atoms with Gasteiger partial charge in [0.25, 0.3) is 5.69 Å². The van der Waals surface area contributed by atoms with Crippen molar-refractivity contribution in [1.29, 1.82) is 0 Å². The molecule has 3 aromatic rings. The van der Waals surface area contributed by atoms with E-state index in [0.29, 0.717) is 17.9 Å². The number of hydrogen-bond acceptors (Lipinski definition) is 7. The average molecular weight is 368 g/mol. The number of hydrogen-bond donors (Lipinski definition) is 1. The summed E-state index contributed by atoms with van der Waals surface area (Å²) in [5.41, 5.74) is 1.57. The van der Waals surface area contributed by atoms with Gasteiger partial charge in [0, 0.05) is 12.1 Å². The molecule has 0 aliphatic rings. The molecule has 0 spiro atoms. The molecule has 0 saturated heterocycles. The van der Waals surface area contributed by atoms with Crippen molar-refractivity contribution >= 4 is 17.6 Å².